The van der Waals surface area contributed by atoms with E-state index < -0.39 is 17.7 Å². The summed E-state index contributed by atoms with van der Waals surface area (Å²) in [6, 6.07) is 11.7. The number of methoxy groups -OCH3 is 3. The highest BCUT2D eigenvalue weighted by Gasteiger charge is 2.46. The van der Waals surface area contributed by atoms with E-state index in [9.17, 15) is 14.7 Å². The van der Waals surface area contributed by atoms with Crippen LogP contribution in [0.25, 0.3) is 5.76 Å². The van der Waals surface area contributed by atoms with Crippen LogP contribution in [-0.2, 0) is 14.3 Å². The summed E-state index contributed by atoms with van der Waals surface area (Å²) in [5, 5.41) is 11.2. The number of amides is 1. The van der Waals surface area contributed by atoms with E-state index in [2.05, 4.69) is 0 Å². The van der Waals surface area contributed by atoms with Crippen LogP contribution in [0, 0.1) is 6.92 Å². The molecule has 1 fully saturated rings. The molecule has 0 aliphatic carbocycles. The normalized spacial score (nSPS) is 18.0. The van der Waals surface area contributed by atoms with Gasteiger partial charge in [0.1, 0.15) is 17.3 Å². The van der Waals surface area contributed by atoms with Gasteiger partial charge in [-0.1, -0.05) is 29.8 Å². The molecule has 3 rings (SSSR count). The van der Waals surface area contributed by atoms with Crippen molar-refractivity contribution in [2.45, 2.75) is 13.0 Å². The molecule has 1 aliphatic heterocycles. The minimum Gasteiger partial charge on any atom is -0.507 e. The van der Waals surface area contributed by atoms with Crippen LogP contribution in [0.15, 0.2) is 48.0 Å². The van der Waals surface area contributed by atoms with Crippen molar-refractivity contribution >= 4 is 17.4 Å². The molecule has 2 aromatic carbocycles. The van der Waals surface area contributed by atoms with Crippen molar-refractivity contribution in [3.05, 3.63) is 64.7 Å². The number of carbonyl (C=O) groups is 2. The predicted octanol–water partition coefficient (Wildman–Crippen LogP) is 3.08. The zero-order valence-electron chi connectivity index (χ0n) is 17.5. The highest BCUT2D eigenvalue weighted by molar-refractivity contribution is 6.46. The highest BCUT2D eigenvalue weighted by Crippen LogP contribution is 2.41. The van der Waals surface area contributed by atoms with Crippen LogP contribution in [0.1, 0.15) is 22.7 Å². The first-order chi connectivity index (χ1) is 14.4. The lowest BCUT2D eigenvalue weighted by atomic mass is 9.94. The Kier molecular flexibility index (Phi) is 6.42. The molecule has 30 heavy (non-hydrogen) atoms. The Balaban J connectivity index is 2.23. The molecule has 0 radical (unpaired) electrons. The Morgan fingerprint density at radius 2 is 1.83 bits per heavy atom. The second kappa shape index (κ2) is 9.00. The van der Waals surface area contributed by atoms with E-state index in [1.165, 1.54) is 26.2 Å². The van der Waals surface area contributed by atoms with Crippen molar-refractivity contribution in [2.75, 3.05) is 34.5 Å². The quantitative estimate of drug-likeness (QED) is 0.428. The minimum atomic E-state index is -0.750. The van der Waals surface area contributed by atoms with Gasteiger partial charge in [0.15, 0.2) is 0 Å². The summed E-state index contributed by atoms with van der Waals surface area (Å²) in [5.41, 5.74) is 1.99. The number of Topliss-reactive ketones (excluding diaryl/α,β-unsaturated/α-hetero) is 1. The van der Waals surface area contributed by atoms with Gasteiger partial charge in [-0.3, -0.25) is 9.59 Å². The maximum Gasteiger partial charge on any atom is 0.295 e. The number of rotatable bonds is 7. The third-order valence-corrected chi connectivity index (χ3v) is 5.10. The standard InChI is InChI=1S/C23H25NO6/c1-14-6-5-7-15(12-14)20-19(22(26)23(27)24(20)10-11-28-2)21(25)17-13-16(29-3)8-9-18(17)30-4/h5-9,12-13,20,25H,10-11H2,1-4H3/b21-19+. The summed E-state index contributed by atoms with van der Waals surface area (Å²) in [4.78, 5) is 27.2. The van der Waals surface area contributed by atoms with E-state index in [-0.39, 0.29) is 30.0 Å². The zero-order chi connectivity index (χ0) is 21.8. The fourth-order valence-corrected chi connectivity index (χ4v) is 3.63. The Labute approximate surface area is 175 Å². The Bertz CT molecular complexity index is 997. The molecule has 158 valence electrons. The number of aliphatic hydroxyl groups is 1. The van der Waals surface area contributed by atoms with Crippen LogP contribution < -0.4 is 9.47 Å². The van der Waals surface area contributed by atoms with Gasteiger partial charge in [0.2, 0.25) is 0 Å². The molecule has 1 saturated heterocycles. The van der Waals surface area contributed by atoms with Gasteiger partial charge in [-0.05, 0) is 30.7 Å². The SMILES string of the molecule is COCCN1C(=O)C(=O)/C(=C(/O)c2cc(OC)ccc2OC)C1c1cccc(C)c1. The van der Waals surface area contributed by atoms with Gasteiger partial charge in [-0.2, -0.15) is 0 Å². The molecule has 7 heteroatoms. The number of aliphatic hydroxyl groups excluding tert-OH is 1. The fraction of sp³-hybridized carbons (Fsp3) is 0.304. The summed E-state index contributed by atoms with van der Waals surface area (Å²) >= 11 is 0. The lowest BCUT2D eigenvalue weighted by Gasteiger charge is -2.25. The molecule has 1 atom stereocenters. The smallest absolute Gasteiger partial charge is 0.295 e. The average Bonchev–Trinajstić information content (AvgIpc) is 3.01. The molecule has 1 amide bonds. The fourth-order valence-electron chi connectivity index (χ4n) is 3.63. The maximum absolute atomic E-state index is 13.0. The summed E-state index contributed by atoms with van der Waals surface area (Å²) in [5.74, 6) is -0.894. The van der Waals surface area contributed by atoms with Crippen molar-refractivity contribution in [1.82, 2.24) is 4.90 Å². The third-order valence-electron chi connectivity index (χ3n) is 5.10. The largest absolute Gasteiger partial charge is 0.507 e. The number of hydrogen-bond acceptors (Lipinski definition) is 6. The molecular formula is C23H25NO6. The van der Waals surface area contributed by atoms with Gasteiger partial charge < -0.3 is 24.2 Å². The maximum atomic E-state index is 13.0. The molecule has 0 aromatic heterocycles. The van der Waals surface area contributed by atoms with Crippen molar-refractivity contribution < 1.29 is 28.9 Å². The van der Waals surface area contributed by atoms with Crippen molar-refractivity contribution in [3.63, 3.8) is 0 Å². The van der Waals surface area contributed by atoms with E-state index in [0.29, 0.717) is 11.5 Å². The average molecular weight is 411 g/mol. The Morgan fingerprint density at radius 1 is 1.07 bits per heavy atom. The van der Waals surface area contributed by atoms with Crippen molar-refractivity contribution in [2.24, 2.45) is 0 Å². The van der Waals surface area contributed by atoms with Gasteiger partial charge in [-0.15, -0.1) is 0 Å². The zero-order valence-corrected chi connectivity index (χ0v) is 17.5. The lowest BCUT2D eigenvalue weighted by Crippen LogP contribution is -2.32. The molecule has 0 bridgehead atoms. The molecular weight excluding hydrogens is 386 g/mol. The molecule has 0 saturated carbocycles. The number of carbonyl (C=O) groups excluding carboxylic acids is 2. The van der Waals surface area contributed by atoms with Crippen LogP contribution in [0.2, 0.25) is 0 Å². The van der Waals surface area contributed by atoms with Crippen LogP contribution in [0.3, 0.4) is 0 Å². The monoisotopic (exact) mass is 411 g/mol. The second-order valence-electron chi connectivity index (χ2n) is 6.97. The van der Waals surface area contributed by atoms with E-state index in [0.717, 1.165) is 11.1 Å². The molecule has 0 spiro atoms. The van der Waals surface area contributed by atoms with E-state index in [1.807, 2.05) is 31.2 Å². The van der Waals surface area contributed by atoms with Crippen LogP contribution in [0.4, 0.5) is 0 Å². The molecule has 1 unspecified atom stereocenters. The number of hydrogen-bond donors (Lipinski definition) is 1. The summed E-state index contributed by atoms with van der Waals surface area (Å²) in [6.45, 7) is 2.40. The lowest BCUT2D eigenvalue weighted by molar-refractivity contribution is -0.140. The van der Waals surface area contributed by atoms with Gasteiger partial charge in [0, 0.05) is 13.7 Å². The number of likely N-dealkylation sites (tertiary alicyclic amines) is 1. The van der Waals surface area contributed by atoms with Crippen LogP contribution in [-0.4, -0.2) is 56.2 Å². The Hall–Kier alpha value is -3.32. The van der Waals surface area contributed by atoms with Crippen LogP contribution >= 0.6 is 0 Å². The van der Waals surface area contributed by atoms with Gasteiger partial charge >= 0.3 is 0 Å². The topological polar surface area (TPSA) is 85.3 Å². The minimum absolute atomic E-state index is 0.00764. The summed E-state index contributed by atoms with van der Waals surface area (Å²) in [7, 11) is 4.50. The highest BCUT2D eigenvalue weighted by atomic mass is 16.5. The van der Waals surface area contributed by atoms with Crippen molar-refractivity contribution in [3.8, 4) is 11.5 Å². The van der Waals surface area contributed by atoms with Crippen LogP contribution in [0.5, 0.6) is 11.5 Å². The molecule has 2 aromatic rings. The first-order valence-electron chi connectivity index (χ1n) is 9.49. The number of nitrogens with zero attached hydrogens (tertiary/aromatic N) is 1. The molecule has 1 heterocycles. The Morgan fingerprint density at radius 3 is 2.47 bits per heavy atom. The van der Waals surface area contributed by atoms with E-state index in [1.54, 1.807) is 18.2 Å². The van der Waals surface area contributed by atoms with E-state index >= 15 is 0 Å². The summed E-state index contributed by atoms with van der Waals surface area (Å²) < 4.78 is 15.7. The second-order valence-corrected chi connectivity index (χ2v) is 6.97. The molecule has 1 aliphatic rings. The number of benzene rings is 2. The number of aryl methyl sites for hydroxylation is 1. The molecule has 7 nitrogen and oxygen atoms in total. The van der Waals surface area contributed by atoms with Gasteiger partial charge in [0.25, 0.3) is 11.7 Å². The van der Waals surface area contributed by atoms with Gasteiger partial charge in [0.05, 0.1) is 38.0 Å². The van der Waals surface area contributed by atoms with E-state index in [4.69, 9.17) is 14.2 Å². The van der Waals surface area contributed by atoms with Gasteiger partial charge in [-0.25, -0.2) is 0 Å². The first kappa shape index (κ1) is 21.4. The number of ketones is 1. The summed E-state index contributed by atoms with van der Waals surface area (Å²) in [6.07, 6.45) is 0. The van der Waals surface area contributed by atoms with Crippen molar-refractivity contribution in [1.29, 1.82) is 0 Å². The number of ether oxygens (including phenoxy) is 3. The third kappa shape index (κ3) is 3.89. The molecule has 1 N–H and O–H groups in total. The first-order valence-corrected chi connectivity index (χ1v) is 9.49. The predicted molar refractivity (Wildman–Crippen MR) is 112 cm³/mol.